The van der Waals surface area contributed by atoms with Gasteiger partial charge in [-0.1, -0.05) is 41.4 Å². The van der Waals surface area contributed by atoms with Gasteiger partial charge in [0.2, 0.25) is 0 Å². The van der Waals surface area contributed by atoms with Crippen LogP contribution in [0, 0.1) is 0 Å². The van der Waals surface area contributed by atoms with E-state index in [1.165, 1.54) is 0 Å². The maximum absolute atomic E-state index is 6.39. The second kappa shape index (κ2) is 5.88. The summed E-state index contributed by atoms with van der Waals surface area (Å²) in [5, 5.41) is 5.65. The molecule has 0 fully saturated rings. The Morgan fingerprint density at radius 3 is 2.67 bits per heavy atom. The molecule has 108 valence electrons. The zero-order valence-corrected chi connectivity index (χ0v) is 12.9. The molecule has 1 heterocycles. The van der Waals surface area contributed by atoms with Crippen molar-refractivity contribution in [2.75, 3.05) is 12.4 Å². The van der Waals surface area contributed by atoms with E-state index in [1.807, 2.05) is 42.5 Å². The van der Waals surface area contributed by atoms with Gasteiger partial charge in [-0.3, -0.25) is 0 Å². The van der Waals surface area contributed by atoms with Crippen LogP contribution in [0.5, 0.6) is 5.75 Å². The summed E-state index contributed by atoms with van der Waals surface area (Å²) in [5.41, 5.74) is 2.90. The number of H-pyrrole nitrogens is 1. The second-order valence-corrected chi connectivity index (χ2v) is 5.45. The third-order valence-electron chi connectivity index (χ3n) is 3.34. The Labute approximate surface area is 132 Å². The fraction of sp³-hybridized carbons (Fsp3) is 0.125. The van der Waals surface area contributed by atoms with Crippen LogP contribution in [0.2, 0.25) is 10.0 Å². The zero-order valence-electron chi connectivity index (χ0n) is 11.4. The summed E-state index contributed by atoms with van der Waals surface area (Å²) in [5.74, 6) is 0.658. The summed E-state index contributed by atoms with van der Waals surface area (Å²) in [6.07, 6.45) is 0. The molecule has 0 saturated heterocycles. The van der Waals surface area contributed by atoms with Crippen LogP contribution < -0.4 is 10.1 Å². The van der Waals surface area contributed by atoms with Crippen molar-refractivity contribution in [1.29, 1.82) is 0 Å². The summed E-state index contributed by atoms with van der Waals surface area (Å²) in [7, 11) is 1.60. The lowest BCUT2D eigenvalue weighted by molar-refractivity contribution is 0.415. The van der Waals surface area contributed by atoms with Crippen molar-refractivity contribution in [2.45, 2.75) is 6.54 Å². The number of para-hydroxylation sites is 1. The normalized spacial score (nSPS) is 10.8. The van der Waals surface area contributed by atoms with Crippen molar-refractivity contribution in [1.82, 2.24) is 4.98 Å². The maximum atomic E-state index is 6.39. The van der Waals surface area contributed by atoms with E-state index in [1.54, 1.807) is 7.11 Å². The number of aromatic nitrogens is 1. The quantitative estimate of drug-likeness (QED) is 0.702. The SMILES string of the molecule is COc1ccc(NCc2[nH]c3ccccc3c2Cl)cc1Cl. The Kier molecular flexibility index (Phi) is 3.95. The van der Waals surface area contributed by atoms with E-state index in [2.05, 4.69) is 10.3 Å². The number of methoxy groups -OCH3 is 1. The van der Waals surface area contributed by atoms with Gasteiger partial charge in [0, 0.05) is 16.6 Å². The third-order valence-corrected chi connectivity index (χ3v) is 4.06. The first-order valence-electron chi connectivity index (χ1n) is 6.51. The molecule has 0 spiro atoms. The van der Waals surface area contributed by atoms with E-state index < -0.39 is 0 Å². The van der Waals surface area contributed by atoms with Crippen molar-refractivity contribution in [3.8, 4) is 5.75 Å². The van der Waals surface area contributed by atoms with Crippen molar-refractivity contribution >= 4 is 39.8 Å². The Morgan fingerprint density at radius 1 is 1.14 bits per heavy atom. The molecule has 5 heteroatoms. The molecule has 0 radical (unpaired) electrons. The highest BCUT2D eigenvalue weighted by Crippen LogP contribution is 2.29. The van der Waals surface area contributed by atoms with Gasteiger partial charge >= 0.3 is 0 Å². The van der Waals surface area contributed by atoms with Crippen molar-refractivity contribution in [3.63, 3.8) is 0 Å². The van der Waals surface area contributed by atoms with E-state index >= 15 is 0 Å². The average molecular weight is 321 g/mol. The maximum Gasteiger partial charge on any atom is 0.137 e. The highest BCUT2D eigenvalue weighted by atomic mass is 35.5. The minimum absolute atomic E-state index is 0.574. The van der Waals surface area contributed by atoms with Gasteiger partial charge in [-0.15, -0.1) is 0 Å². The molecule has 0 bridgehead atoms. The Balaban J connectivity index is 1.80. The van der Waals surface area contributed by atoms with E-state index in [0.717, 1.165) is 27.3 Å². The summed E-state index contributed by atoms with van der Waals surface area (Å²) in [6, 6.07) is 13.5. The number of rotatable bonds is 4. The summed E-state index contributed by atoms with van der Waals surface area (Å²) < 4.78 is 5.13. The van der Waals surface area contributed by atoms with Gasteiger partial charge in [0.15, 0.2) is 0 Å². The molecule has 0 amide bonds. The Morgan fingerprint density at radius 2 is 1.95 bits per heavy atom. The van der Waals surface area contributed by atoms with Gasteiger partial charge in [0.1, 0.15) is 5.75 Å². The molecule has 0 aliphatic heterocycles. The molecule has 0 unspecified atom stereocenters. The molecule has 2 N–H and O–H groups in total. The molecule has 0 atom stereocenters. The first-order chi connectivity index (χ1) is 10.2. The summed E-state index contributed by atoms with van der Waals surface area (Å²) in [4.78, 5) is 3.32. The monoisotopic (exact) mass is 320 g/mol. The molecule has 0 aliphatic carbocycles. The minimum Gasteiger partial charge on any atom is -0.495 e. The number of aromatic amines is 1. The van der Waals surface area contributed by atoms with Gasteiger partial charge in [-0.2, -0.15) is 0 Å². The lowest BCUT2D eigenvalue weighted by atomic mass is 10.2. The van der Waals surface area contributed by atoms with Crippen LogP contribution in [0.25, 0.3) is 10.9 Å². The number of ether oxygens (including phenoxy) is 1. The lowest BCUT2D eigenvalue weighted by Crippen LogP contribution is -2.00. The summed E-state index contributed by atoms with van der Waals surface area (Å²) >= 11 is 12.5. The molecule has 3 nitrogen and oxygen atoms in total. The minimum atomic E-state index is 0.574. The van der Waals surface area contributed by atoms with Crippen molar-refractivity contribution in [2.24, 2.45) is 0 Å². The number of hydrogen-bond acceptors (Lipinski definition) is 2. The molecule has 3 rings (SSSR count). The first kappa shape index (κ1) is 14.1. The second-order valence-electron chi connectivity index (χ2n) is 4.67. The van der Waals surface area contributed by atoms with Crippen molar-refractivity contribution in [3.05, 3.63) is 58.2 Å². The van der Waals surface area contributed by atoms with Gasteiger partial charge < -0.3 is 15.0 Å². The average Bonchev–Trinajstić information content (AvgIpc) is 2.82. The Hall–Kier alpha value is -1.84. The predicted octanol–water partition coefficient (Wildman–Crippen LogP) is 5.10. The van der Waals surface area contributed by atoms with Crippen LogP contribution in [0.1, 0.15) is 5.69 Å². The van der Waals surface area contributed by atoms with Gasteiger partial charge in [-0.05, 0) is 24.3 Å². The van der Waals surface area contributed by atoms with E-state index in [9.17, 15) is 0 Å². The van der Waals surface area contributed by atoms with Crippen LogP contribution in [-0.2, 0) is 6.54 Å². The van der Waals surface area contributed by atoms with E-state index in [0.29, 0.717) is 17.3 Å². The molecular formula is C16H14Cl2N2O. The summed E-state index contributed by atoms with van der Waals surface area (Å²) in [6.45, 7) is 0.593. The molecule has 1 aromatic heterocycles. The number of benzene rings is 2. The van der Waals surface area contributed by atoms with Crippen molar-refractivity contribution < 1.29 is 4.74 Å². The molecule has 0 saturated carbocycles. The zero-order chi connectivity index (χ0) is 14.8. The number of halogens is 2. The number of anilines is 1. The van der Waals surface area contributed by atoms with Crippen LogP contribution in [0.4, 0.5) is 5.69 Å². The van der Waals surface area contributed by atoms with Crippen LogP contribution >= 0.6 is 23.2 Å². The fourth-order valence-electron chi connectivity index (χ4n) is 2.25. The number of fused-ring (bicyclic) bond motifs is 1. The van der Waals surface area contributed by atoms with Crippen LogP contribution in [0.15, 0.2) is 42.5 Å². The van der Waals surface area contributed by atoms with E-state index in [4.69, 9.17) is 27.9 Å². The topological polar surface area (TPSA) is 37.0 Å². The van der Waals surface area contributed by atoms with E-state index in [-0.39, 0.29) is 0 Å². The fourth-order valence-corrected chi connectivity index (χ4v) is 2.79. The highest BCUT2D eigenvalue weighted by Gasteiger charge is 2.09. The van der Waals surface area contributed by atoms with Gasteiger partial charge in [-0.25, -0.2) is 0 Å². The molecule has 3 aromatic rings. The smallest absolute Gasteiger partial charge is 0.137 e. The first-order valence-corrected chi connectivity index (χ1v) is 7.27. The molecule has 21 heavy (non-hydrogen) atoms. The standard InChI is InChI=1S/C16H14Cl2N2O/c1-21-15-7-6-10(8-12(15)17)19-9-14-16(18)11-4-2-3-5-13(11)20-14/h2-8,19-20H,9H2,1H3. The van der Waals surface area contributed by atoms with Gasteiger partial charge in [0.05, 0.1) is 29.4 Å². The Bertz CT molecular complexity index is 783. The third kappa shape index (κ3) is 2.80. The molecular weight excluding hydrogens is 307 g/mol. The lowest BCUT2D eigenvalue weighted by Gasteiger charge is -2.08. The highest BCUT2D eigenvalue weighted by molar-refractivity contribution is 6.36. The van der Waals surface area contributed by atoms with Crippen LogP contribution in [-0.4, -0.2) is 12.1 Å². The predicted molar refractivity (Wildman–Crippen MR) is 88.6 cm³/mol. The largest absolute Gasteiger partial charge is 0.495 e. The van der Waals surface area contributed by atoms with Crippen LogP contribution in [0.3, 0.4) is 0 Å². The molecule has 2 aromatic carbocycles. The molecule has 0 aliphatic rings. The number of hydrogen-bond donors (Lipinski definition) is 2. The van der Waals surface area contributed by atoms with Gasteiger partial charge in [0.25, 0.3) is 0 Å². The number of nitrogens with one attached hydrogen (secondary N) is 2.